The van der Waals surface area contributed by atoms with Gasteiger partial charge in [0.25, 0.3) is 0 Å². The highest BCUT2D eigenvalue weighted by molar-refractivity contribution is 5.96. The number of carbonyl (C=O) groups excluding carboxylic acids is 1. The molecule has 0 radical (unpaired) electrons. The van der Waals surface area contributed by atoms with E-state index in [0.717, 1.165) is 0 Å². The fourth-order valence-electron chi connectivity index (χ4n) is 2.65. The third kappa shape index (κ3) is 6.06. The van der Waals surface area contributed by atoms with E-state index in [0.29, 0.717) is 31.3 Å². The number of hydrogen-bond donors (Lipinski definition) is 2. The molecule has 29 heavy (non-hydrogen) atoms. The van der Waals surface area contributed by atoms with Crippen LogP contribution >= 0.6 is 0 Å². The van der Waals surface area contributed by atoms with Gasteiger partial charge in [0.05, 0.1) is 7.11 Å². The molecule has 0 aromatic heterocycles. The molecule has 0 aliphatic heterocycles. The van der Waals surface area contributed by atoms with Gasteiger partial charge in [-0.2, -0.15) is 8.78 Å². The summed E-state index contributed by atoms with van der Waals surface area (Å²) in [6, 6.07) is 3.86. The van der Waals surface area contributed by atoms with E-state index < -0.39 is 18.1 Å². The molecule has 0 bridgehead atoms. The van der Waals surface area contributed by atoms with E-state index in [2.05, 4.69) is 10.1 Å². The number of methoxy groups -OCH3 is 1. The number of hydrogen-bond acceptors (Lipinski definition) is 4. The summed E-state index contributed by atoms with van der Waals surface area (Å²) in [5.41, 5.74) is 0.911. The van der Waals surface area contributed by atoms with Crippen molar-refractivity contribution < 1.29 is 33.0 Å². The average Bonchev–Trinajstić information content (AvgIpc) is 2.85. The van der Waals surface area contributed by atoms with Crippen molar-refractivity contribution in [1.29, 1.82) is 0 Å². The van der Waals surface area contributed by atoms with Gasteiger partial charge in [0.15, 0.2) is 0 Å². The number of aromatic carboxylic acids is 1. The predicted octanol–water partition coefficient (Wildman–Crippen LogP) is 4.29. The molecular weight excluding hydrogens is 386 g/mol. The van der Waals surface area contributed by atoms with Crippen molar-refractivity contribution in [2.45, 2.75) is 26.4 Å². The van der Waals surface area contributed by atoms with Gasteiger partial charge in [0.1, 0.15) is 17.1 Å². The highest BCUT2D eigenvalue weighted by atomic mass is 19.3. The number of alkyl halides is 2. The topological polar surface area (TPSA) is 88.1 Å². The Morgan fingerprint density at radius 3 is 2.62 bits per heavy atom. The maximum absolute atomic E-state index is 13.0. The van der Waals surface area contributed by atoms with Crippen molar-refractivity contribution in [2.24, 2.45) is 0 Å². The van der Waals surface area contributed by atoms with Crippen LogP contribution in [0.4, 0.5) is 19.3 Å². The van der Waals surface area contributed by atoms with Gasteiger partial charge in [0, 0.05) is 37.3 Å². The van der Waals surface area contributed by atoms with Crippen LogP contribution in [0.25, 0.3) is 0 Å². The molecule has 0 atom stereocenters. The fraction of sp³-hybridized carbons (Fsp3) is 0.300. The zero-order valence-corrected chi connectivity index (χ0v) is 16.2. The largest absolute Gasteiger partial charge is 0.496 e. The summed E-state index contributed by atoms with van der Waals surface area (Å²) in [4.78, 5) is 25.3. The van der Waals surface area contributed by atoms with Gasteiger partial charge in [0.2, 0.25) is 0 Å². The Kier molecular flexibility index (Phi) is 6.98. The van der Waals surface area contributed by atoms with Gasteiger partial charge in [-0.3, -0.25) is 4.90 Å². The molecule has 0 fully saturated rings. The second-order valence-corrected chi connectivity index (χ2v) is 6.14. The molecule has 1 aliphatic carbocycles. The van der Waals surface area contributed by atoms with E-state index in [9.17, 15) is 23.5 Å². The van der Waals surface area contributed by atoms with Crippen LogP contribution in [0.3, 0.4) is 0 Å². The number of carboxylic acids is 1. The third-order valence-electron chi connectivity index (χ3n) is 3.92. The first-order valence-corrected chi connectivity index (χ1v) is 8.78. The molecule has 9 heteroatoms. The Balaban J connectivity index is 2.18. The monoisotopic (exact) mass is 408 g/mol. The van der Waals surface area contributed by atoms with Crippen LogP contribution in [-0.4, -0.2) is 36.9 Å². The first-order valence-electron chi connectivity index (χ1n) is 8.78. The first kappa shape index (κ1) is 21.9. The van der Waals surface area contributed by atoms with Crippen LogP contribution in [0.15, 0.2) is 54.0 Å². The summed E-state index contributed by atoms with van der Waals surface area (Å²) in [5, 5.41) is 11.9. The van der Waals surface area contributed by atoms with Crippen LogP contribution in [0.1, 0.15) is 30.6 Å². The maximum atomic E-state index is 13.0. The summed E-state index contributed by atoms with van der Waals surface area (Å²) in [5.74, 6) is -1.04. The fourth-order valence-corrected chi connectivity index (χ4v) is 2.65. The smallest absolute Gasteiger partial charge is 0.394 e. The predicted molar refractivity (Wildman–Crippen MR) is 103 cm³/mol. The number of amides is 2. The van der Waals surface area contributed by atoms with Gasteiger partial charge in [-0.05, 0) is 37.3 Å². The van der Waals surface area contributed by atoms with Crippen LogP contribution in [0.5, 0.6) is 5.75 Å². The van der Waals surface area contributed by atoms with Crippen molar-refractivity contribution in [2.75, 3.05) is 18.6 Å². The number of carbonyl (C=O) groups is 2. The van der Waals surface area contributed by atoms with E-state index in [1.807, 2.05) is 0 Å². The van der Waals surface area contributed by atoms with Crippen molar-refractivity contribution in [3.8, 4) is 5.75 Å². The van der Waals surface area contributed by atoms with E-state index >= 15 is 0 Å². The molecule has 0 heterocycles. The van der Waals surface area contributed by atoms with Gasteiger partial charge in [-0.25, -0.2) is 9.59 Å². The number of nitrogens with one attached hydrogen (secondary N) is 1. The molecular formula is C20H22F2N2O5. The molecule has 2 rings (SSSR count). The van der Waals surface area contributed by atoms with Gasteiger partial charge in [-0.15, -0.1) is 0 Å². The molecule has 2 amide bonds. The van der Waals surface area contributed by atoms with E-state index in [1.165, 1.54) is 48.4 Å². The average molecular weight is 408 g/mol. The highest BCUT2D eigenvalue weighted by Crippen LogP contribution is 2.26. The normalized spacial score (nSPS) is 13.7. The molecule has 7 nitrogen and oxygen atoms in total. The van der Waals surface area contributed by atoms with Gasteiger partial charge < -0.3 is 19.9 Å². The van der Waals surface area contributed by atoms with Crippen LogP contribution in [0.2, 0.25) is 0 Å². The van der Waals surface area contributed by atoms with Crippen molar-refractivity contribution in [3.63, 3.8) is 0 Å². The number of anilines is 1. The van der Waals surface area contributed by atoms with Crippen molar-refractivity contribution in [1.82, 2.24) is 5.32 Å². The lowest BCUT2D eigenvalue weighted by Gasteiger charge is -2.23. The van der Waals surface area contributed by atoms with E-state index in [-0.39, 0.29) is 17.1 Å². The standard InChI is InChI=1S/C20H22F2N2O5/c1-4-24(14-9-11-16(18(25)26)17(12-14)28-3)19(27)23-13-6-5-7-15(10-8-13)29-20(2,21)22/h5,7-12H,4,6H2,1-3H3,(H,23,27)(H,25,26). The lowest BCUT2D eigenvalue weighted by molar-refractivity contribution is -0.195. The summed E-state index contributed by atoms with van der Waals surface area (Å²) >= 11 is 0. The molecule has 2 N–H and O–H groups in total. The Morgan fingerprint density at radius 1 is 1.31 bits per heavy atom. The molecule has 0 spiro atoms. The highest BCUT2D eigenvalue weighted by Gasteiger charge is 2.24. The summed E-state index contributed by atoms with van der Waals surface area (Å²) in [7, 11) is 1.34. The summed E-state index contributed by atoms with van der Waals surface area (Å²) < 4.78 is 35.6. The minimum Gasteiger partial charge on any atom is -0.496 e. The number of urea groups is 1. The lowest BCUT2D eigenvalue weighted by Crippen LogP contribution is -2.39. The molecule has 0 saturated carbocycles. The number of halogens is 2. The van der Waals surface area contributed by atoms with Crippen molar-refractivity contribution >= 4 is 17.7 Å². The number of benzene rings is 1. The van der Waals surface area contributed by atoms with E-state index in [1.54, 1.807) is 13.0 Å². The minimum absolute atomic E-state index is 0.0188. The zero-order chi connectivity index (χ0) is 21.6. The SMILES string of the molecule is CCN(C(=O)NC1=CC=C(OC(C)(F)F)C=CC1)c1ccc(C(=O)O)c(OC)c1. The summed E-state index contributed by atoms with van der Waals surface area (Å²) in [6.45, 7) is 2.70. The first-order chi connectivity index (χ1) is 13.6. The molecule has 1 aromatic rings. The number of nitrogens with zero attached hydrogens (tertiary/aromatic N) is 1. The van der Waals surface area contributed by atoms with Crippen LogP contribution in [-0.2, 0) is 4.74 Å². The Hall–Kier alpha value is -3.36. The zero-order valence-electron chi connectivity index (χ0n) is 16.2. The number of carboxylic acid groups (broad SMARTS) is 1. The third-order valence-corrected chi connectivity index (χ3v) is 3.92. The summed E-state index contributed by atoms with van der Waals surface area (Å²) in [6.07, 6.45) is 2.83. The molecule has 0 saturated heterocycles. The lowest BCUT2D eigenvalue weighted by atomic mass is 10.1. The maximum Gasteiger partial charge on any atom is 0.394 e. The Labute approximate surface area is 166 Å². The molecule has 0 unspecified atom stereocenters. The number of rotatable bonds is 7. The molecule has 1 aliphatic rings. The molecule has 1 aromatic carbocycles. The van der Waals surface area contributed by atoms with Gasteiger partial charge in [-0.1, -0.05) is 6.08 Å². The van der Waals surface area contributed by atoms with Gasteiger partial charge >= 0.3 is 18.1 Å². The van der Waals surface area contributed by atoms with E-state index in [4.69, 9.17) is 4.74 Å². The number of allylic oxidation sites excluding steroid dienone is 4. The number of ether oxygens (including phenoxy) is 2. The minimum atomic E-state index is -3.31. The van der Waals surface area contributed by atoms with Crippen LogP contribution in [0, 0.1) is 0 Å². The second-order valence-electron chi connectivity index (χ2n) is 6.14. The molecule has 156 valence electrons. The Bertz CT molecular complexity index is 872. The van der Waals surface area contributed by atoms with Crippen molar-refractivity contribution in [3.05, 3.63) is 59.5 Å². The quantitative estimate of drug-likeness (QED) is 0.703. The Morgan fingerprint density at radius 2 is 2.03 bits per heavy atom. The van der Waals surface area contributed by atoms with Crippen LogP contribution < -0.4 is 15.0 Å². The second kappa shape index (κ2) is 9.22.